The van der Waals surface area contributed by atoms with Crippen LogP contribution in [-0.4, -0.2) is 28.9 Å². The molecule has 0 radical (unpaired) electrons. The number of rotatable bonds is 2. The average Bonchev–Trinajstić information content (AvgIpc) is 3.09. The molecule has 0 saturated carbocycles. The second-order valence-electron chi connectivity index (χ2n) is 4.89. The van der Waals surface area contributed by atoms with Gasteiger partial charge in [-0.25, -0.2) is 4.98 Å². The van der Waals surface area contributed by atoms with Crippen LogP contribution in [0.4, 0.5) is 0 Å². The van der Waals surface area contributed by atoms with Gasteiger partial charge in [0.1, 0.15) is 0 Å². The van der Waals surface area contributed by atoms with Gasteiger partial charge in [0.15, 0.2) is 0 Å². The van der Waals surface area contributed by atoms with Gasteiger partial charge in [-0.2, -0.15) is 0 Å². The second kappa shape index (κ2) is 5.43. The topological polar surface area (TPSA) is 33.2 Å². The van der Waals surface area contributed by atoms with Gasteiger partial charge in [0.2, 0.25) is 0 Å². The molecule has 1 saturated heterocycles. The van der Waals surface area contributed by atoms with Crippen molar-refractivity contribution < 1.29 is 4.79 Å². The third-order valence-electron chi connectivity index (χ3n) is 3.57. The smallest absolute Gasteiger partial charge is 0.264 e. The number of carbonyl (C=O) groups excluding carboxylic acids is 1. The minimum atomic E-state index is 0.189. The lowest BCUT2D eigenvalue weighted by molar-refractivity contribution is 0.0711. The fraction of sp³-hybridized carbons (Fsp3) is 0.429. The molecule has 0 N–H and O–H groups in total. The highest BCUT2D eigenvalue weighted by Gasteiger charge is 2.27. The molecular weight excluding hydrogens is 276 g/mol. The lowest BCUT2D eigenvalue weighted by Crippen LogP contribution is -2.39. The Morgan fingerprint density at radius 1 is 1.42 bits per heavy atom. The number of hydrogen-bond donors (Lipinski definition) is 0. The zero-order valence-electron chi connectivity index (χ0n) is 10.8. The summed E-state index contributed by atoms with van der Waals surface area (Å²) in [7, 11) is 0. The number of aryl methyl sites for hydroxylation is 1. The number of piperidine rings is 1. The standard InChI is InChI=1S/C14H16N2OS2/c1-10-4-7-18-12(10)14(17)16-6-2-3-11(9-16)13-15-5-8-19-13/h4-5,7-8,11H,2-3,6,9H2,1H3/t11-/m0/s1. The predicted octanol–water partition coefficient (Wildman–Crippen LogP) is 3.53. The van der Waals surface area contributed by atoms with E-state index in [9.17, 15) is 4.79 Å². The number of likely N-dealkylation sites (tertiary alicyclic amines) is 1. The van der Waals surface area contributed by atoms with Gasteiger partial charge in [-0.05, 0) is 36.8 Å². The minimum Gasteiger partial charge on any atom is -0.337 e. The lowest BCUT2D eigenvalue weighted by Gasteiger charge is -2.31. The Hall–Kier alpha value is -1.20. The van der Waals surface area contributed by atoms with Crippen molar-refractivity contribution >= 4 is 28.6 Å². The summed E-state index contributed by atoms with van der Waals surface area (Å²) in [6.07, 6.45) is 4.06. The molecule has 3 rings (SSSR count). The predicted molar refractivity (Wildman–Crippen MR) is 79.0 cm³/mol. The summed E-state index contributed by atoms with van der Waals surface area (Å²) in [4.78, 5) is 19.8. The third kappa shape index (κ3) is 2.58. The van der Waals surface area contributed by atoms with E-state index in [1.54, 1.807) is 22.7 Å². The molecule has 0 aliphatic carbocycles. The van der Waals surface area contributed by atoms with Crippen LogP contribution >= 0.6 is 22.7 Å². The fourth-order valence-corrected chi connectivity index (χ4v) is 4.19. The van der Waals surface area contributed by atoms with E-state index < -0.39 is 0 Å². The van der Waals surface area contributed by atoms with Crippen molar-refractivity contribution in [2.24, 2.45) is 0 Å². The largest absolute Gasteiger partial charge is 0.337 e. The molecule has 0 spiro atoms. The van der Waals surface area contributed by atoms with Gasteiger partial charge < -0.3 is 4.90 Å². The monoisotopic (exact) mass is 292 g/mol. The minimum absolute atomic E-state index is 0.189. The van der Waals surface area contributed by atoms with Crippen LogP contribution in [0.3, 0.4) is 0 Å². The van der Waals surface area contributed by atoms with Crippen LogP contribution in [0.2, 0.25) is 0 Å². The number of amides is 1. The van der Waals surface area contributed by atoms with E-state index in [1.165, 1.54) is 5.01 Å². The van der Waals surface area contributed by atoms with E-state index in [0.29, 0.717) is 5.92 Å². The zero-order chi connectivity index (χ0) is 13.2. The Bertz CT molecular complexity index is 562. The van der Waals surface area contributed by atoms with Crippen LogP contribution in [0, 0.1) is 6.92 Å². The number of aromatic nitrogens is 1. The van der Waals surface area contributed by atoms with Gasteiger partial charge >= 0.3 is 0 Å². The molecule has 3 heterocycles. The van der Waals surface area contributed by atoms with Crippen LogP contribution in [0.5, 0.6) is 0 Å². The van der Waals surface area contributed by atoms with Crippen molar-refractivity contribution in [2.75, 3.05) is 13.1 Å². The number of hydrogen-bond acceptors (Lipinski definition) is 4. The number of thiophene rings is 1. The Kier molecular flexibility index (Phi) is 3.66. The summed E-state index contributed by atoms with van der Waals surface area (Å²) >= 11 is 3.24. The third-order valence-corrected chi connectivity index (χ3v) is 5.51. The van der Waals surface area contributed by atoms with Gasteiger partial charge in [0, 0.05) is 30.6 Å². The quantitative estimate of drug-likeness (QED) is 0.848. The van der Waals surface area contributed by atoms with E-state index in [1.807, 2.05) is 34.8 Å². The van der Waals surface area contributed by atoms with Crippen molar-refractivity contribution in [3.63, 3.8) is 0 Å². The summed E-state index contributed by atoms with van der Waals surface area (Å²) in [6.45, 7) is 3.69. The van der Waals surface area contributed by atoms with Crippen molar-refractivity contribution in [1.82, 2.24) is 9.88 Å². The van der Waals surface area contributed by atoms with E-state index in [0.717, 1.165) is 36.4 Å². The highest BCUT2D eigenvalue weighted by molar-refractivity contribution is 7.12. The Morgan fingerprint density at radius 2 is 2.32 bits per heavy atom. The molecule has 2 aromatic rings. The summed E-state index contributed by atoms with van der Waals surface area (Å²) in [5.74, 6) is 0.603. The normalized spacial score (nSPS) is 19.6. The molecular formula is C14H16N2OS2. The number of thiazole rings is 1. The maximum Gasteiger partial charge on any atom is 0.264 e. The number of nitrogens with zero attached hydrogens (tertiary/aromatic N) is 2. The molecule has 19 heavy (non-hydrogen) atoms. The van der Waals surface area contributed by atoms with Crippen molar-refractivity contribution in [3.05, 3.63) is 38.5 Å². The first-order valence-corrected chi connectivity index (χ1v) is 8.24. The van der Waals surface area contributed by atoms with Gasteiger partial charge in [0.25, 0.3) is 5.91 Å². The maximum atomic E-state index is 12.5. The number of carbonyl (C=O) groups is 1. The van der Waals surface area contributed by atoms with Crippen molar-refractivity contribution in [1.29, 1.82) is 0 Å². The molecule has 1 aliphatic heterocycles. The van der Waals surface area contributed by atoms with Crippen LogP contribution in [-0.2, 0) is 0 Å². The first-order valence-electron chi connectivity index (χ1n) is 6.48. The van der Waals surface area contributed by atoms with E-state index in [4.69, 9.17) is 0 Å². The summed E-state index contributed by atoms with van der Waals surface area (Å²) in [6, 6.07) is 2.01. The molecule has 1 aliphatic rings. The molecule has 1 fully saturated rings. The summed E-state index contributed by atoms with van der Waals surface area (Å²) < 4.78 is 0. The Morgan fingerprint density at radius 3 is 3.00 bits per heavy atom. The molecule has 3 nitrogen and oxygen atoms in total. The summed E-state index contributed by atoms with van der Waals surface area (Å²) in [5, 5.41) is 5.17. The van der Waals surface area contributed by atoms with Crippen LogP contribution < -0.4 is 0 Å². The SMILES string of the molecule is Cc1ccsc1C(=O)N1CCC[C@H](c2nccs2)C1. The second-order valence-corrected chi connectivity index (χ2v) is 6.74. The lowest BCUT2D eigenvalue weighted by atomic mass is 9.98. The molecule has 0 bridgehead atoms. The summed E-state index contributed by atoms with van der Waals surface area (Å²) in [5.41, 5.74) is 1.09. The van der Waals surface area contributed by atoms with Gasteiger partial charge in [0.05, 0.1) is 9.88 Å². The van der Waals surface area contributed by atoms with E-state index in [2.05, 4.69) is 4.98 Å². The van der Waals surface area contributed by atoms with Crippen LogP contribution in [0.15, 0.2) is 23.0 Å². The van der Waals surface area contributed by atoms with Gasteiger partial charge in [-0.15, -0.1) is 22.7 Å². The molecule has 1 amide bonds. The van der Waals surface area contributed by atoms with E-state index >= 15 is 0 Å². The van der Waals surface area contributed by atoms with Gasteiger partial charge in [-0.1, -0.05) is 0 Å². The van der Waals surface area contributed by atoms with Crippen molar-refractivity contribution in [2.45, 2.75) is 25.7 Å². The maximum absolute atomic E-state index is 12.5. The highest BCUT2D eigenvalue weighted by atomic mass is 32.1. The van der Waals surface area contributed by atoms with Crippen LogP contribution in [0.1, 0.15) is 39.0 Å². The van der Waals surface area contributed by atoms with E-state index in [-0.39, 0.29) is 5.91 Å². The Labute approximate surface area is 120 Å². The van der Waals surface area contributed by atoms with Crippen LogP contribution in [0.25, 0.3) is 0 Å². The van der Waals surface area contributed by atoms with Gasteiger partial charge in [-0.3, -0.25) is 4.79 Å². The Balaban J connectivity index is 1.75. The molecule has 0 aromatic carbocycles. The molecule has 100 valence electrons. The average molecular weight is 292 g/mol. The molecule has 1 atom stereocenters. The molecule has 2 aromatic heterocycles. The first-order chi connectivity index (χ1) is 9.25. The molecule has 5 heteroatoms. The fourth-order valence-electron chi connectivity index (χ4n) is 2.53. The van der Waals surface area contributed by atoms with Crippen molar-refractivity contribution in [3.8, 4) is 0 Å². The first kappa shape index (κ1) is 12.8. The zero-order valence-corrected chi connectivity index (χ0v) is 12.5. The molecule has 0 unspecified atom stereocenters. The highest BCUT2D eigenvalue weighted by Crippen LogP contribution is 2.29.